The maximum absolute atomic E-state index is 11.6. The molecule has 94 valence electrons. The van der Waals surface area contributed by atoms with Crippen molar-refractivity contribution in [2.45, 2.75) is 19.9 Å². The fraction of sp³-hybridized carbons (Fsp3) is 0.889. The number of nitrogens with zero attached hydrogens (tertiary/aromatic N) is 1. The lowest BCUT2D eigenvalue weighted by Crippen LogP contribution is -2.43. The molecule has 1 rings (SSSR count). The van der Waals surface area contributed by atoms with Crippen LogP contribution in [-0.2, 0) is 25.1 Å². The molecule has 0 aliphatic carbocycles. The normalized spacial score (nSPS) is 21.9. The summed E-state index contributed by atoms with van der Waals surface area (Å²) in [6.45, 7) is 6.01. The molecule has 1 aliphatic rings. The van der Waals surface area contributed by atoms with Crippen LogP contribution in [-0.4, -0.2) is 47.1 Å². The largest absolute Gasteiger partial charge is 0.379 e. The molecule has 2 atom stereocenters. The monoisotopic (exact) mass is 250 g/mol. The molecule has 0 saturated carbocycles. The number of hydroxylamine groups is 1. The lowest BCUT2D eigenvalue weighted by molar-refractivity contribution is -0.112. The van der Waals surface area contributed by atoms with Gasteiger partial charge in [-0.1, -0.05) is 13.8 Å². The molecule has 1 saturated heterocycles. The second-order valence-corrected chi connectivity index (χ2v) is 4.98. The Morgan fingerprint density at radius 3 is 2.56 bits per heavy atom. The number of carbonyl (C=O) groups is 1. The van der Waals surface area contributed by atoms with Crippen LogP contribution < -0.4 is 5.48 Å². The van der Waals surface area contributed by atoms with Crippen molar-refractivity contribution in [2.75, 3.05) is 26.3 Å². The average Bonchev–Trinajstić information content (AvgIpc) is 2.30. The Kier molecular flexibility index (Phi) is 6.07. The van der Waals surface area contributed by atoms with Crippen LogP contribution in [0.25, 0.3) is 0 Å². The van der Waals surface area contributed by atoms with Crippen LogP contribution in [0.3, 0.4) is 0 Å². The molecule has 0 aromatic rings. The van der Waals surface area contributed by atoms with E-state index in [0.717, 1.165) is 6.29 Å². The fourth-order valence-corrected chi connectivity index (χ4v) is 1.91. The Bertz CT molecular complexity index is 244. The lowest BCUT2D eigenvalue weighted by atomic mass is 10.1. The summed E-state index contributed by atoms with van der Waals surface area (Å²) in [5.74, 6) is 0.0965. The first-order valence-corrected chi connectivity index (χ1v) is 6.31. The molecular formula is C9H18N2O4S. The van der Waals surface area contributed by atoms with Gasteiger partial charge in [0.05, 0.1) is 19.3 Å². The minimum absolute atomic E-state index is 0.0965. The van der Waals surface area contributed by atoms with Crippen LogP contribution >= 0.6 is 0 Å². The zero-order chi connectivity index (χ0) is 12.0. The van der Waals surface area contributed by atoms with Crippen LogP contribution in [0.2, 0.25) is 0 Å². The molecule has 16 heavy (non-hydrogen) atoms. The highest BCUT2D eigenvalue weighted by Crippen LogP contribution is 2.03. The maximum atomic E-state index is 11.6. The van der Waals surface area contributed by atoms with Gasteiger partial charge in [-0.3, -0.25) is 0 Å². The van der Waals surface area contributed by atoms with E-state index in [0.29, 0.717) is 26.3 Å². The summed E-state index contributed by atoms with van der Waals surface area (Å²) in [6.07, 6.45) is 0.751. The number of rotatable bonds is 6. The Hall–Kier alpha value is -0.340. The predicted octanol–water partition coefficient (Wildman–Crippen LogP) is -0.358. The van der Waals surface area contributed by atoms with Gasteiger partial charge in [0.25, 0.3) is 11.3 Å². The van der Waals surface area contributed by atoms with Crippen molar-refractivity contribution < 1.29 is 18.0 Å². The molecule has 1 N–H and O–H groups in total. The first kappa shape index (κ1) is 13.7. The number of aldehydes is 1. The highest BCUT2D eigenvalue weighted by Gasteiger charge is 2.20. The Morgan fingerprint density at radius 2 is 2.06 bits per heavy atom. The molecule has 0 aromatic heterocycles. The summed E-state index contributed by atoms with van der Waals surface area (Å²) in [5, 5.41) is 0. The van der Waals surface area contributed by atoms with Crippen LogP contribution in [0.5, 0.6) is 0 Å². The molecule has 1 heterocycles. The Morgan fingerprint density at radius 1 is 1.44 bits per heavy atom. The molecule has 0 radical (unpaired) electrons. The van der Waals surface area contributed by atoms with Crippen LogP contribution in [0, 0.1) is 5.92 Å². The Labute approximate surface area is 98.0 Å². The maximum Gasteiger partial charge on any atom is 0.254 e. The van der Waals surface area contributed by atoms with E-state index >= 15 is 0 Å². The summed E-state index contributed by atoms with van der Waals surface area (Å²) < 4.78 is 23.4. The van der Waals surface area contributed by atoms with Crippen LogP contribution in [0.1, 0.15) is 13.8 Å². The number of hydrogen-bond acceptors (Lipinski definition) is 5. The molecule has 7 heteroatoms. The first-order chi connectivity index (χ1) is 7.65. The van der Waals surface area contributed by atoms with E-state index in [4.69, 9.17) is 9.02 Å². The average molecular weight is 250 g/mol. The minimum atomic E-state index is -1.56. The van der Waals surface area contributed by atoms with E-state index in [1.165, 1.54) is 0 Å². The van der Waals surface area contributed by atoms with Crippen LogP contribution in [0.4, 0.5) is 0 Å². The number of carbonyl (C=O) groups excluding carboxylic acids is 1. The van der Waals surface area contributed by atoms with Gasteiger partial charge in [-0.15, -0.1) is 0 Å². The van der Waals surface area contributed by atoms with E-state index < -0.39 is 17.3 Å². The lowest BCUT2D eigenvalue weighted by Gasteiger charge is -2.25. The summed E-state index contributed by atoms with van der Waals surface area (Å²) in [6, 6.07) is -0.440. The zero-order valence-corrected chi connectivity index (χ0v) is 10.4. The van der Waals surface area contributed by atoms with Gasteiger partial charge < -0.3 is 9.53 Å². The number of nitrogens with one attached hydrogen (secondary N) is 1. The molecule has 0 aromatic carbocycles. The van der Waals surface area contributed by atoms with Crippen molar-refractivity contribution in [2.24, 2.45) is 5.92 Å². The van der Waals surface area contributed by atoms with Gasteiger partial charge in [0.2, 0.25) is 0 Å². The van der Waals surface area contributed by atoms with Gasteiger partial charge >= 0.3 is 0 Å². The second kappa shape index (κ2) is 7.08. The van der Waals surface area contributed by atoms with Gasteiger partial charge in [-0.2, -0.15) is 14.1 Å². The van der Waals surface area contributed by atoms with Crippen molar-refractivity contribution in [1.29, 1.82) is 0 Å². The molecule has 0 bridgehead atoms. The van der Waals surface area contributed by atoms with Gasteiger partial charge in [-0.25, -0.2) is 4.21 Å². The van der Waals surface area contributed by atoms with Crippen molar-refractivity contribution in [3.05, 3.63) is 0 Å². The smallest absolute Gasteiger partial charge is 0.254 e. The first-order valence-electron chi connectivity index (χ1n) is 5.28. The van der Waals surface area contributed by atoms with Gasteiger partial charge in [0.1, 0.15) is 6.29 Å². The van der Waals surface area contributed by atoms with E-state index in [1.807, 2.05) is 13.8 Å². The highest BCUT2D eigenvalue weighted by atomic mass is 32.2. The predicted molar refractivity (Wildman–Crippen MR) is 59.4 cm³/mol. The zero-order valence-electron chi connectivity index (χ0n) is 9.55. The van der Waals surface area contributed by atoms with Crippen LogP contribution in [0.15, 0.2) is 0 Å². The summed E-state index contributed by atoms with van der Waals surface area (Å²) >= 11 is -1.56. The minimum Gasteiger partial charge on any atom is -0.379 e. The van der Waals surface area contributed by atoms with Crippen molar-refractivity contribution >= 4 is 17.6 Å². The third-order valence-corrected chi connectivity index (χ3v) is 3.33. The third-order valence-electron chi connectivity index (χ3n) is 2.30. The van der Waals surface area contributed by atoms with E-state index in [2.05, 4.69) is 5.48 Å². The van der Waals surface area contributed by atoms with Crippen molar-refractivity contribution in [3.8, 4) is 0 Å². The molecule has 6 nitrogen and oxygen atoms in total. The number of ether oxygens (including phenoxy) is 1. The summed E-state index contributed by atoms with van der Waals surface area (Å²) in [4.78, 5) is 10.7. The molecule has 0 amide bonds. The van der Waals surface area contributed by atoms with Crippen molar-refractivity contribution in [1.82, 2.24) is 9.79 Å². The van der Waals surface area contributed by atoms with Gasteiger partial charge in [-0.05, 0) is 5.92 Å². The molecule has 1 fully saturated rings. The number of hydrogen-bond donors (Lipinski definition) is 1. The second-order valence-electron chi connectivity index (χ2n) is 3.87. The van der Waals surface area contributed by atoms with E-state index in [-0.39, 0.29) is 5.92 Å². The fourth-order valence-electron chi connectivity index (χ4n) is 1.17. The summed E-state index contributed by atoms with van der Waals surface area (Å²) in [5.41, 5.74) is 2.52. The molecule has 0 spiro atoms. The molecule has 1 aliphatic heterocycles. The quantitative estimate of drug-likeness (QED) is 0.515. The molecular weight excluding hydrogens is 232 g/mol. The van der Waals surface area contributed by atoms with Gasteiger partial charge in [0.15, 0.2) is 0 Å². The standard InChI is InChI=1S/C9H18N2O4S/c1-8(2)9(7-12)10-15-16(13)11-3-5-14-6-4-11/h7-10H,3-6H2,1-2H3/t9-,16?/m0/s1. The number of morpholine rings is 1. The summed E-state index contributed by atoms with van der Waals surface area (Å²) in [7, 11) is 0. The van der Waals surface area contributed by atoms with E-state index in [1.54, 1.807) is 4.31 Å². The van der Waals surface area contributed by atoms with Crippen molar-refractivity contribution in [3.63, 3.8) is 0 Å². The Balaban J connectivity index is 2.30. The van der Waals surface area contributed by atoms with E-state index in [9.17, 15) is 9.00 Å². The van der Waals surface area contributed by atoms with Gasteiger partial charge in [0, 0.05) is 13.1 Å². The molecule has 1 unspecified atom stereocenters. The highest BCUT2D eigenvalue weighted by molar-refractivity contribution is 7.77. The SMILES string of the molecule is CC(C)[C@H](C=O)NOS(=O)N1CCOCC1. The third kappa shape index (κ3) is 4.26. The topological polar surface area (TPSA) is 67.9 Å².